The van der Waals surface area contributed by atoms with E-state index >= 15 is 0 Å². The van der Waals surface area contributed by atoms with Crippen molar-refractivity contribution in [2.24, 2.45) is 5.92 Å². The van der Waals surface area contributed by atoms with E-state index in [1.54, 1.807) is 16.8 Å². The normalized spacial score (nSPS) is 19.2. The minimum absolute atomic E-state index is 0.0121. The SMILES string of the molecule is CNc1cc(CN(C)C(=O)[C@H]2CC(=O)N(Cc3ccccc3)C2)nc(C2CCNCC2)n1. The highest BCUT2D eigenvalue weighted by atomic mass is 16.2. The largest absolute Gasteiger partial charge is 0.373 e. The number of benzene rings is 1. The molecule has 0 radical (unpaired) electrons. The number of nitrogens with zero attached hydrogens (tertiary/aromatic N) is 4. The molecule has 32 heavy (non-hydrogen) atoms. The predicted molar refractivity (Wildman–Crippen MR) is 123 cm³/mol. The van der Waals surface area contributed by atoms with Gasteiger partial charge in [-0.25, -0.2) is 9.97 Å². The molecule has 170 valence electrons. The van der Waals surface area contributed by atoms with Crippen LogP contribution in [0.3, 0.4) is 0 Å². The second-order valence-electron chi connectivity index (χ2n) is 8.73. The van der Waals surface area contributed by atoms with Crippen LogP contribution in [0.25, 0.3) is 0 Å². The molecule has 2 saturated heterocycles. The molecule has 4 rings (SSSR count). The number of carbonyl (C=O) groups is 2. The molecule has 0 bridgehead atoms. The van der Waals surface area contributed by atoms with Gasteiger partial charge >= 0.3 is 0 Å². The number of carbonyl (C=O) groups excluding carboxylic acids is 2. The highest BCUT2D eigenvalue weighted by Crippen LogP contribution is 2.25. The fourth-order valence-corrected chi connectivity index (χ4v) is 4.52. The van der Waals surface area contributed by atoms with Crippen molar-refractivity contribution in [3.8, 4) is 0 Å². The van der Waals surface area contributed by atoms with Crippen LogP contribution in [0, 0.1) is 5.92 Å². The average molecular weight is 437 g/mol. The Bertz CT molecular complexity index is 945. The van der Waals surface area contributed by atoms with Gasteiger partial charge in [-0.3, -0.25) is 9.59 Å². The molecule has 2 N–H and O–H groups in total. The van der Waals surface area contributed by atoms with Crippen molar-refractivity contribution in [3.05, 3.63) is 53.5 Å². The summed E-state index contributed by atoms with van der Waals surface area (Å²) in [6.07, 6.45) is 2.30. The average Bonchev–Trinajstić information content (AvgIpc) is 3.19. The summed E-state index contributed by atoms with van der Waals surface area (Å²) in [7, 11) is 3.64. The molecule has 1 atom stereocenters. The lowest BCUT2D eigenvalue weighted by Gasteiger charge is -2.24. The number of aromatic nitrogens is 2. The molecule has 3 heterocycles. The van der Waals surface area contributed by atoms with E-state index in [1.807, 2.05) is 43.4 Å². The molecule has 1 aromatic heterocycles. The van der Waals surface area contributed by atoms with E-state index in [1.165, 1.54) is 0 Å². The van der Waals surface area contributed by atoms with E-state index in [0.29, 0.717) is 25.6 Å². The topological polar surface area (TPSA) is 90.5 Å². The molecular weight excluding hydrogens is 404 g/mol. The van der Waals surface area contributed by atoms with Crippen LogP contribution in [0.2, 0.25) is 0 Å². The number of hydrogen-bond acceptors (Lipinski definition) is 6. The van der Waals surface area contributed by atoms with Crippen molar-refractivity contribution in [3.63, 3.8) is 0 Å². The van der Waals surface area contributed by atoms with Crippen molar-refractivity contribution in [2.45, 2.75) is 38.3 Å². The van der Waals surface area contributed by atoms with E-state index in [0.717, 1.165) is 48.8 Å². The summed E-state index contributed by atoms with van der Waals surface area (Å²) in [5, 5.41) is 6.49. The summed E-state index contributed by atoms with van der Waals surface area (Å²) < 4.78 is 0. The molecule has 2 aliphatic rings. The zero-order valence-corrected chi connectivity index (χ0v) is 18.9. The second kappa shape index (κ2) is 10.1. The van der Waals surface area contributed by atoms with Crippen LogP contribution in [0.1, 0.15) is 42.3 Å². The Balaban J connectivity index is 1.40. The van der Waals surface area contributed by atoms with Crippen LogP contribution in [0.4, 0.5) is 5.82 Å². The maximum atomic E-state index is 13.1. The van der Waals surface area contributed by atoms with Crippen LogP contribution in [0.15, 0.2) is 36.4 Å². The third-order valence-electron chi connectivity index (χ3n) is 6.31. The van der Waals surface area contributed by atoms with Gasteiger partial charge in [-0.05, 0) is 31.5 Å². The first-order valence-corrected chi connectivity index (χ1v) is 11.4. The Morgan fingerprint density at radius 2 is 1.97 bits per heavy atom. The van der Waals surface area contributed by atoms with Crippen molar-refractivity contribution >= 4 is 17.6 Å². The first kappa shape index (κ1) is 22.2. The maximum absolute atomic E-state index is 13.1. The lowest BCUT2D eigenvalue weighted by atomic mass is 9.97. The molecule has 2 amide bonds. The maximum Gasteiger partial charge on any atom is 0.228 e. The van der Waals surface area contributed by atoms with E-state index in [4.69, 9.17) is 4.98 Å². The smallest absolute Gasteiger partial charge is 0.228 e. The Hall–Kier alpha value is -3.00. The number of rotatable bonds is 7. The molecule has 0 saturated carbocycles. The molecule has 2 fully saturated rings. The number of nitrogens with one attached hydrogen (secondary N) is 2. The number of hydrogen-bond donors (Lipinski definition) is 2. The minimum Gasteiger partial charge on any atom is -0.373 e. The van der Waals surface area contributed by atoms with Crippen LogP contribution in [-0.2, 0) is 22.7 Å². The van der Waals surface area contributed by atoms with Crippen molar-refractivity contribution in [1.82, 2.24) is 25.1 Å². The van der Waals surface area contributed by atoms with Gasteiger partial charge in [-0.2, -0.15) is 0 Å². The fourth-order valence-electron chi connectivity index (χ4n) is 4.52. The van der Waals surface area contributed by atoms with Gasteiger partial charge in [0.15, 0.2) is 0 Å². The van der Waals surface area contributed by atoms with E-state index in [9.17, 15) is 9.59 Å². The van der Waals surface area contributed by atoms with Gasteiger partial charge in [0.2, 0.25) is 11.8 Å². The molecular formula is C24H32N6O2. The molecule has 2 aromatic rings. The van der Waals surface area contributed by atoms with Crippen LogP contribution in [0.5, 0.6) is 0 Å². The zero-order valence-electron chi connectivity index (χ0n) is 18.9. The highest BCUT2D eigenvalue weighted by Gasteiger charge is 2.35. The Labute approximate surface area is 189 Å². The van der Waals surface area contributed by atoms with E-state index < -0.39 is 0 Å². The van der Waals surface area contributed by atoms with Crippen molar-refractivity contribution in [2.75, 3.05) is 39.0 Å². The van der Waals surface area contributed by atoms with Gasteiger partial charge in [-0.15, -0.1) is 0 Å². The Morgan fingerprint density at radius 1 is 1.22 bits per heavy atom. The second-order valence-corrected chi connectivity index (χ2v) is 8.73. The summed E-state index contributed by atoms with van der Waals surface area (Å²) in [5.41, 5.74) is 1.90. The summed E-state index contributed by atoms with van der Waals surface area (Å²) in [4.78, 5) is 38.5. The van der Waals surface area contributed by atoms with E-state index in [2.05, 4.69) is 15.6 Å². The number of likely N-dealkylation sites (tertiary alicyclic amines) is 1. The standard InChI is InChI=1S/C24H32N6O2/c1-25-21-13-20(27-23(28-21)18-8-10-26-11-9-18)16-29(2)24(32)19-12-22(31)30(15-19)14-17-6-4-3-5-7-17/h3-7,13,18-19,26H,8-12,14-16H2,1-2H3,(H,25,27,28)/t19-/m0/s1. The lowest BCUT2D eigenvalue weighted by molar-refractivity contribution is -0.135. The van der Waals surface area contributed by atoms with Crippen molar-refractivity contribution in [1.29, 1.82) is 0 Å². The van der Waals surface area contributed by atoms with Gasteiger partial charge < -0.3 is 20.4 Å². The van der Waals surface area contributed by atoms with Gasteiger partial charge in [0, 0.05) is 45.6 Å². The Kier molecular flexibility index (Phi) is 6.99. The summed E-state index contributed by atoms with van der Waals surface area (Å²) >= 11 is 0. The summed E-state index contributed by atoms with van der Waals surface area (Å²) in [6.45, 7) is 3.35. The minimum atomic E-state index is -0.314. The monoisotopic (exact) mass is 436 g/mol. The molecule has 0 unspecified atom stereocenters. The fraction of sp³-hybridized carbons (Fsp3) is 0.500. The summed E-state index contributed by atoms with van der Waals surface area (Å²) in [5.74, 6) is 1.66. The molecule has 2 aliphatic heterocycles. The molecule has 8 heteroatoms. The third-order valence-corrected chi connectivity index (χ3v) is 6.31. The molecule has 1 aromatic carbocycles. The highest BCUT2D eigenvalue weighted by molar-refractivity contribution is 5.89. The van der Waals surface area contributed by atoms with Gasteiger partial charge in [-0.1, -0.05) is 30.3 Å². The number of anilines is 1. The van der Waals surface area contributed by atoms with Crippen LogP contribution < -0.4 is 10.6 Å². The van der Waals surface area contributed by atoms with Crippen LogP contribution in [-0.4, -0.2) is 65.3 Å². The number of amides is 2. The van der Waals surface area contributed by atoms with Crippen molar-refractivity contribution < 1.29 is 9.59 Å². The quantitative estimate of drug-likeness (QED) is 0.690. The summed E-state index contributed by atoms with van der Waals surface area (Å²) in [6, 6.07) is 11.8. The molecule has 0 aliphatic carbocycles. The van der Waals surface area contributed by atoms with E-state index in [-0.39, 0.29) is 24.2 Å². The number of piperidine rings is 1. The van der Waals surface area contributed by atoms with Gasteiger partial charge in [0.1, 0.15) is 11.6 Å². The zero-order chi connectivity index (χ0) is 22.5. The molecule has 0 spiro atoms. The first-order chi connectivity index (χ1) is 15.5. The Morgan fingerprint density at radius 3 is 2.69 bits per heavy atom. The van der Waals surface area contributed by atoms with Gasteiger partial charge in [0.05, 0.1) is 18.2 Å². The first-order valence-electron chi connectivity index (χ1n) is 11.4. The van der Waals surface area contributed by atoms with Gasteiger partial charge in [0.25, 0.3) is 0 Å². The predicted octanol–water partition coefficient (Wildman–Crippen LogP) is 1.99. The third kappa shape index (κ3) is 5.24. The lowest BCUT2D eigenvalue weighted by Crippen LogP contribution is -2.34. The van der Waals surface area contributed by atoms with Crippen LogP contribution >= 0.6 is 0 Å². The molecule has 8 nitrogen and oxygen atoms in total.